The van der Waals surface area contributed by atoms with Crippen molar-refractivity contribution in [3.05, 3.63) is 45.5 Å². The predicted molar refractivity (Wildman–Crippen MR) is 101 cm³/mol. The summed E-state index contributed by atoms with van der Waals surface area (Å²) in [5.41, 5.74) is 7.06. The molecule has 0 saturated heterocycles. The first-order valence-corrected chi connectivity index (χ1v) is 10.0. The van der Waals surface area contributed by atoms with Crippen LogP contribution in [0.25, 0.3) is 0 Å². The summed E-state index contributed by atoms with van der Waals surface area (Å²) in [4.78, 5) is 29.1. The van der Waals surface area contributed by atoms with Crippen molar-refractivity contribution in [2.75, 3.05) is 23.3 Å². The lowest BCUT2D eigenvalue weighted by atomic mass is 10.2. The van der Waals surface area contributed by atoms with Crippen molar-refractivity contribution in [2.45, 2.75) is 31.8 Å². The summed E-state index contributed by atoms with van der Waals surface area (Å²) in [6.07, 6.45) is 0. The summed E-state index contributed by atoms with van der Waals surface area (Å²) in [6, 6.07) is 4.86. The van der Waals surface area contributed by atoms with Gasteiger partial charge in [-0.05, 0) is 31.5 Å². The molecule has 1 aliphatic heterocycles. The molecular weight excluding hydrogens is 370 g/mol. The Morgan fingerprint density at radius 1 is 1.37 bits per heavy atom. The number of anilines is 2. The molecule has 0 aromatic carbocycles. The van der Waals surface area contributed by atoms with E-state index in [2.05, 4.69) is 15.6 Å². The SMILES string of the molecule is Cc1nc(N)ccc1CNC(=O)Cn1c(C)cc2c(c1=O)NCCS2(=O)=O. The molecule has 3 heterocycles. The maximum Gasteiger partial charge on any atom is 0.275 e. The number of rotatable bonds is 4. The van der Waals surface area contributed by atoms with Gasteiger partial charge in [-0.15, -0.1) is 0 Å². The van der Waals surface area contributed by atoms with Crippen LogP contribution in [-0.2, 0) is 27.7 Å². The van der Waals surface area contributed by atoms with Gasteiger partial charge >= 0.3 is 0 Å². The molecule has 0 spiro atoms. The number of aryl methyl sites for hydroxylation is 2. The number of carbonyl (C=O) groups excluding carboxylic acids is 1. The third-order valence-electron chi connectivity index (χ3n) is 4.47. The van der Waals surface area contributed by atoms with E-state index in [-0.39, 0.29) is 41.9 Å². The molecule has 1 amide bonds. The molecule has 144 valence electrons. The van der Waals surface area contributed by atoms with Crippen molar-refractivity contribution in [3.8, 4) is 0 Å². The van der Waals surface area contributed by atoms with Gasteiger partial charge in [0.05, 0.1) is 10.6 Å². The third-order valence-corrected chi connectivity index (χ3v) is 6.21. The normalized spacial score (nSPS) is 14.9. The maximum absolute atomic E-state index is 12.7. The molecule has 0 bridgehead atoms. The van der Waals surface area contributed by atoms with Crippen LogP contribution in [0.2, 0.25) is 0 Å². The number of hydrogen-bond donors (Lipinski definition) is 3. The predicted octanol–water partition coefficient (Wildman–Crippen LogP) is -0.0421. The third kappa shape index (κ3) is 3.80. The van der Waals surface area contributed by atoms with E-state index in [9.17, 15) is 18.0 Å². The molecule has 2 aromatic heterocycles. The molecule has 0 atom stereocenters. The number of sulfone groups is 1. The van der Waals surface area contributed by atoms with Crippen LogP contribution in [0.5, 0.6) is 0 Å². The van der Waals surface area contributed by atoms with Gasteiger partial charge in [0.15, 0.2) is 9.84 Å². The quantitative estimate of drug-likeness (QED) is 0.665. The first-order valence-electron chi connectivity index (χ1n) is 8.39. The molecule has 0 fully saturated rings. The Morgan fingerprint density at radius 3 is 2.81 bits per heavy atom. The van der Waals surface area contributed by atoms with Crippen molar-refractivity contribution >= 4 is 27.2 Å². The molecule has 0 radical (unpaired) electrons. The zero-order valence-electron chi connectivity index (χ0n) is 15.1. The second-order valence-electron chi connectivity index (χ2n) is 6.42. The Bertz CT molecular complexity index is 1080. The Kier molecular flexibility index (Phi) is 4.92. The molecule has 0 aliphatic carbocycles. The number of nitrogens with zero attached hydrogens (tertiary/aromatic N) is 2. The minimum absolute atomic E-state index is 0.00326. The van der Waals surface area contributed by atoms with Gasteiger partial charge in [0.1, 0.15) is 18.1 Å². The number of nitrogens with two attached hydrogens (primary N) is 1. The number of nitrogens with one attached hydrogen (secondary N) is 2. The molecule has 2 aromatic rings. The van der Waals surface area contributed by atoms with Gasteiger partial charge in [-0.2, -0.15) is 0 Å². The first kappa shape index (κ1) is 18.9. The fourth-order valence-electron chi connectivity index (χ4n) is 2.95. The molecule has 4 N–H and O–H groups in total. The lowest BCUT2D eigenvalue weighted by Crippen LogP contribution is -2.37. The smallest absolute Gasteiger partial charge is 0.275 e. The number of amides is 1. The van der Waals surface area contributed by atoms with E-state index in [1.54, 1.807) is 26.0 Å². The van der Waals surface area contributed by atoms with Gasteiger partial charge in [-0.25, -0.2) is 13.4 Å². The van der Waals surface area contributed by atoms with E-state index in [0.717, 1.165) is 5.56 Å². The summed E-state index contributed by atoms with van der Waals surface area (Å²) < 4.78 is 25.5. The van der Waals surface area contributed by atoms with Crippen LogP contribution in [0.3, 0.4) is 0 Å². The zero-order chi connectivity index (χ0) is 19.8. The number of hydrogen-bond acceptors (Lipinski definition) is 7. The van der Waals surface area contributed by atoms with Crippen molar-refractivity contribution in [1.82, 2.24) is 14.9 Å². The van der Waals surface area contributed by atoms with Gasteiger partial charge < -0.3 is 20.9 Å². The highest BCUT2D eigenvalue weighted by Gasteiger charge is 2.27. The second-order valence-corrected chi connectivity index (χ2v) is 8.50. The van der Waals surface area contributed by atoms with Crippen LogP contribution in [0.15, 0.2) is 27.9 Å². The number of aromatic nitrogens is 2. The second kappa shape index (κ2) is 7.03. The van der Waals surface area contributed by atoms with E-state index in [1.807, 2.05) is 0 Å². The van der Waals surface area contributed by atoms with E-state index in [0.29, 0.717) is 17.2 Å². The monoisotopic (exact) mass is 391 g/mol. The highest BCUT2D eigenvalue weighted by atomic mass is 32.2. The summed E-state index contributed by atoms with van der Waals surface area (Å²) in [5.74, 6) is -0.0189. The van der Waals surface area contributed by atoms with Crippen LogP contribution in [0.4, 0.5) is 11.5 Å². The van der Waals surface area contributed by atoms with Gasteiger partial charge in [0.25, 0.3) is 5.56 Å². The molecule has 0 unspecified atom stereocenters. The van der Waals surface area contributed by atoms with Crippen LogP contribution in [-0.4, -0.2) is 36.2 Å². The van der Waals surface area contributed by atoms with E-state index >= 15 is 0 Å². The van der Waals surface area contributed by atoms with Crippen molar-refractivity contribution in [1.29, 1.82) is 0 Å². The van der Waals surface area contributed by atoms with Crippen LogP contribution >= 0.6 is 0 Å². The molecule has 1 aliphatic rings. The minimum atomic E-state index is -3.48. The molecule has 9 nitrogen and oxygen atoms in total. The Balaban J connectivity index is 1.79. The Morgan fingerprint density at radius 2 is 2.11 bits per heavy atom. The average Bonchev–Trinajstić information content (AvgIpc) is 2.58. The van der Waals surface area contributed by atoms with Crippen LogP contribution in [0.1, 0.15) is 17.0 Å². The van der Waals surface area contributed by atoms with Crippen molar-refractivity contribution in [3.63, 3.8) is 0 Å². The van der Waals surface area contributed by atoms with Crippen molar-refractivity contribution in [2.24, 2.45) is 0 Å². The fourth-order valence-corrected chi connectivity index (χ4v) is 4.37. The van der Waals surface area contributed by atoms with Gasteiger partial charge in [-0.3, -0.25) is 9.59 Å². The standard InChI is InChI=1S/C17H21N5O4S/c1-10-7-13-16(19-5-6-27(13,25)26)17(24)22(10)9-15(23)20-8-12-3-4-14(18)21-11(12)2/h3-4,7,19H,5-6,8-9H2,1-2H3,(H2,18,21)(H,20,23). The number of nitrogen functional groups attached to an aromatic ring is 1. The lowest BCUT2D eigenvalue weighted by Gasteiger charge is -2.20. The summed E-state index contributed by atoms with van der Waals surface area (Å²) in [5, 5.41) is 5.57. The highest BCUT2D eigenvalue weighted by Crippen LogP contribution is 2.23. The lowest BCUT2D eigenvalue weighted by molar-refractivity contribution is -0.121. The average molecular weight is 391 g/mol. The number of fused-ring (bicyclic) bond motifs is 1. The summed E-state index contributed by atoms with van der Waals surface area (Å²) >= 11 is 0. The summed E-state index contributed by atoms with van der Waals surface area (Å²) in [6.45, 7) is 3.61. The van der Waals surface area contributed by atoms with E-state index < -0.39 is 15.4 Å². The Labute approximate surface area is 156 Å². The topological polar surface area (TPSA) is 136 Å². The van der Waals surface area contributed by atoms with Gasteiger partial charge in [0.2, 0.25) is 5.91 Å². The van der Waals surface area contributed by atoms with E-state index in [4.69, 9.17) is 5.73 Å². The number of pyridine rings is 2. The zero-order valence-corrected chi connectivity index (χ0v) is 15.9. The maximum atomic E-state index is 12.7. The highest BCUT2D eigenvalue weighted by molar-refractivity contribution is 7.91. The molecule has 3 rings (SSSR count). The van der Waals surface area contributed by atoms with Gasteiger partial charge in [-0.1, -0.05) is 6.07 Å². The molecule has 0 saturated carbocycles. The van der Waals surface area contributed by atoms with E-state index in [1.165, 1.54) is 10.6 Å². The minimum Gasteiger partial charge on any atom is -0.384 e. The molecular formula is C17H21N5O4S. The fraction of sp³-hybridized carbons (Fsp3) is 0.353. The molecule has 10 heteroatoms. The molecule has 27 heavy (non-hydrogen) atoms. The first-order chi connectivity index (χ1) is 12.7. The van der Waals surface area contributed by atoms with Crippen molar-refractivity contribution < 1.29 is 13.2 Å². The summed E-state index contributed by atoms with van der Waals surface area (Å²) in [7, 11) is -3.48. The largest absolute Gasteiger partial charge is 0.384 e. The number of carbonyl (C=O) groups is 1. The van der Waals surface area contributed by atoms with Crippen LogP contribution < -0.4 is 21.9 Å². The van der Waals surface area contributed by atoms with Crippen LogP contribution in [0, 0.1) is 13.8 Å². The van der Waals surface area contributed by atoms with Gasteiger partial charge in [0, 0.05) is 24.5 Å². The Hall–Kier alpha value is -2.88.